The van der Waals surface area contributed by atoms with Gasteiger partial charge < -0.3 is 9.47 Å². The summed E-state index contributed by atoms with van der Waals surface area (Å²) < 4.78 is 34.2. The van der Waals surface area contributed by atoms with Crippen molar-refractivity contribution >= 4 is 13.3 Å². The topological polar surface area (TPSA) is 78.2 Å². The van der Waals surface area contributed by atoms with Crippen LogP contribution in [0.1, 0.15) is 56.6 Å². The third-order valence-corrected chi connectivity index (χ3v) is 7.12. The largest absolute Gasteiger partial charge is 0 e. The van der Waals surface area contributed by atoms with Gasteiger partial charge in [0.1, 0.15) is 0 Å². The first-order valence-electron chi connectivity index (χ1n) is 9.12. The maximum Gasteiger partial charge on any atom is 0 e. The van der Waals surface area contributed by atoms with Crippen LogP contribution in [-0.2, 0) is 31.3 Å². The molecule has 0 bridgehead atoms. The molecule has 0 aromatic heterocycles. The molecule has 0 aliphatic heterocycles. The Balaban J connectivity index is -0.000000883. The average molecular weight is 457 g/mol. The second kappa shape index (κ2) is 15.6. The van der Waals surface area contributed by atoms with Crippen LogP contribution in [0, 0.1) is 25.9 Å². The van der Waals surface area contributed by atoms with E-state index in [-0.39, 0.29) is 17.4 Å². The van der Waals surface area contributed by atoms with Crippen molar-refractivity contribution in [3.8, 4) is 11.5 Å². The molecule has 0 radical (unpaired) electrons. The molecular weight excluding hydrogens is 424 g/mol. The summed E-state index contributed by atoms with van der Waals surface area (Å²) in [5.41, 5.74) is 2.91. The summed E-state index contributed by atoms with van der Waals surface area (Å²) in [6.07, 6.45) is 2.52. The van der Waals surface area contributed by atoms with Gasteiger partial charge in [0.05, 0.1) is 22.3 Å². The number of ether oxygens (including phenoxy) is 2. The fourth-order valence-electron chi connectivity index (χ4n) is 3.87. The minimum Gasteiger partial charge on any atom is 0 e. The van der Waals surface area contributed by atoms with Crippen molar-refractivity contribution in [2.24, 2.45) is 5.92 Å². The van der Waals surface area contributed by atoms with E-state index in [0.29, 0.717) is 17.8 Å². The molecule has 1 aromatic carbocycles. The van der Waals surface area contributed by atoms with Crippen LogP contribution >= 0.6 is 0 Å². The van der Waals surface area contributed by atoms with E-state index in [1.807, 2.05) is 0 Å². The molecule has 1 aromatic rings. The van der Waals surface area contributed by atoms with E-state index in [1.165, 1.54) is 29.2 Å². The molecule has 29 heavy (non-hydrogen) atoms. The van der Waals surface area contributed by atoms with E-state index in [2.05, 4.69) is 66.4 Å². The summed E-state index contributed by atoms with van der Waals surface area (Å²) in [6, 6.07) is 2.46. The molecule has 160 valence electrons. The standard InChI is InChI=1S/C19H32O2Si.3CO.Cr/c1-12(2)14-10-9-13(3)17-15(14)11-16(22(6,7)8)18(20-4)19(17)21-5;3*1-2;/h11-14H,9-10H2,1-8H3;;;;/t13-,14-;;;;/m0..../s1. The van der Waals surface area contributed by atoms with Crippen LogP contribution < -0.4 is 14.7 Å². The number of benzene rings is 1. The Morgan fingerprint density at radius 2 is 1.38 bits per heavy atom. The van der Waals surface area contributed by atoms with Gasteiger partial charge in [-0.3, -0.25) is 0 Å². The second-order valence-electron chi connectivity index (χ2n) is 8.07. The Bertz CT molecular complexity index is 660. The first-order chi connectivity index (χ1) is 13.2. The van der Waals surface area contributed by atoms with Crippen molar-refractivity contribution in [2.45, 2.75) is 65.1 Å². The molecule has 2 atom stereocenters. The summed E-state index contributed by atoms with van der Waals surface area (Å²) in [6.45, 7) is 27.7. The molecule has 0 heterocycles. The van der Waals surface area contributed by atoms with E-state index in [4.69, 9.17) is 23.4 Å². The minimum absolute atomic E-state index is 0. The second-order valence-corrected chi connectivity index (χ2v) is 13.1. The number of methoxy groups -OCH3 is 2. The predicted molar refractivity (Wildman–Crippen MR) is 110 cm³/mol. The van der Waals surface area contributed by atoms with Crippen LogP contribution in [0.15, 0.2) is 6.07 Å². The Morgan fingerprint density at radius 3 is 1.72 bits per heavy atom. The quantitative estimate of drug-likeness (QED) is 0.372. The van der Waals surface area contributed by atoms with Gasteiger partial charge in [0.25, 0.3) is 0 Å². The Kier molecular flexibility index (Phi) is 17.5. The van der Waals surface area contributed by atoms with Gasteiger partial charge in [0, 0.05) is 22.9 Å². The van der Waals surface area contributed by atoms with Gasteiger partial charge >= 0.3 is 33.9 Å². The fraction of sp³-hybridized carbons (Fsp3) is 0.591. The van der Waals surface area contributed by atoms with Crippen LogP contribution in [0.25, 0.3) is 0 Å². The first-order valence-corrected chi connectivity index (χ1v) is 12.6. The Morgan fingerprint density at radius 1 is 0.931 bits per heavy atom. The smallest absolute Gasteiger partial charge is 0 e. The average Bonchev–Trinajstić information content (AvgIpc) is 2.70. The molecule has 5 nitrogen and oxygen atoms in total. The molecule has 7 heteroatoms. The third kappa shape index (κ3) is 7.85. The zero-order valence-electron chi connectivity index (χ0n) is 18.7. The number of rotatable bonds is 4. The van der Waals surface area contributed by atoms with Crippen molar-refractivity contribution in [1.82, 2.24) is 0 Å². The van der Waals surface area contributed by atoms with Crippen molar-refractivity contribution in [3.05, 3.63) is 37.1 Å². The molecule has 2 rings (SSSR count). The van der Waals surface area contributed by atoms with Crippen LogP contribution in [0.3, 0.4) is 0 Å². The van der Waals surface area contributed by atoms with E-state index >= 15 is 0 Å². The zero-order chi connectivity index (χ0) is 22.7. The van der Waals surface area contributed by atoms with E-state index in [1.54, 1.807) is 14.2 Å². The molecule has 1 aliphatic carbocycles. The van der Waals surface area contributed by atoms with Gasteiger partial charge in [-0.2, -0.15) is 0 Å². The summed E-state index contributed by atoms with van der Waals surface area (Å²) in [5, 5.41) is 1.39. The van der Waals surface area contributed by atoms with Crippen molar-refractivity contribution in [2.75, 3.05) is 14.2 Å². The summed E-state index contributed by atoms with van der Waals surface area (Å²) in [7, 11) is 2.07. The van der Waals surface area contributed by atoms with Crippen LogP contribution in [0.5, 0.6) is 11.5 Å². The molecule has 0 fully saturated rings. The third-order valence-electron chi connectivity index (χ3n) is 5.13. The van der Waals surface area contributed by atoms with Gasteiger partial charge in [-0.15, -0.1) is 0 Å². The van der Waals surface area contributed by atoms with Crippen molar-refractivity contribution in [1.29, 1.82) is 0 Å². The van der Waals surface area contributed by atoms with Crippen LogP contribution in [0.4, 0.5) is 0 Å². The Labute approximate surface area is 187 Å². The molecule has 1 aliphatic rings. The zero-order valence-corrected chi connectivity index (χ0v) is 20.9. The monoisotopic (exact) mass is 456 g/mol. The maximum absolute atomic E-state index is 7.50. The van der Waals surface area contributed by atoms with Crippen molar-refractivity contribution in [3.63, 3.8) is 0 Å². The molecular formula is C22H32CrO5Si. The molecule has 0 N–H and O–H groups in total. The molecule has 0 saturated heterocycles. The van der Waals surface area contributed by atoms with Gasteiger partial charge in [0.15, 0.2) is 11.5 Å². The first kappa shape index (κ1) is 32.5. The van der Waals surface area contributed by atoms with E-state index < -0.39 is 8.07 Å². The van der Waals surface area contributed by atoms with Gasteiger partial charge in [-0.1, -0.05) is 46.5 Å². The maximum atomic E-state index is 7.50. The summed E-state index contributed by atoms with van der Waals surface area (Å²) >= 11 is 0. The van der Waals surface area contributed by atoms with Crippen molar-refractivity contribution < 1.29 is 40.8 Å². The minimum atomic E-state index is -1.50. The van der Waals surface area contributed by atoms with E-state index in [9.17, 15) is 0 Å². The SMILES string of the molecule is COc1c([Si](C)(C)C)cc2c(c1OC)[C@@H](C)CC[C@H]2C(C)C.[C-]#[O+].[C-]#[O+].[C-]#[O+].[Cr]. The van der Waals surface area contributed by atoms with E-state index in [0.717, 1.165) is 11.5 Å². The predicted octanol–water partition coefficient (Wildman–Crippen LogP) is 4.77. The Hall–Kier alpha value is -1.21. The van der Waals surface area contributed by atoms with Crippen LogP contribution in [-0.4, -0.2) is 22.3 Å². The molecule has 0 saturated carbocycles. The number of hydrogen-bond acceptors (Lipinski definition) is 2. The van der Waals surface area contributed by atoms with Gasteiger partial charge in [0.2, 0.25) is 0 Å². The summed E-state index contributed by atoms with van der Waals surface area (Å²) in [5.74, 6) is 3.83. The fourth-order valence-corrected chi connectivity index (χ4v) is 5.36. The number of fused-ring (bicyclic) bond motifs is 1. The normalized spacial score (nSPS) is 16.7. The number of hydrogen-bond donors (Lipinski definition) is 0. The van der Waals surface area contributed by atoms with Crippen LogP contribution in [0.2, 0.25) is 19.6 Å². The summed E-state index contributed by atoms with van der Waals surface area (Å²) in [4.78, 5) is 0. The van der Waals surface area contributed by atoms with Gasteiger partial charge in [-0.05, 0) is 41.3 Å². The molecule has 0 unspecified atom stereocenters. The van der Waals surface area contributed by atoms with Gasteiger partial charge in [-0.25, -0.2) is 0 Å². The molecule has 0 spiro atoms. The molecule has 0 amide bonds.